The molecule has 1 saturated heterocycles. The van der Waals surface area contributed by atoms with Crippen LogP contribution in [-0.4, -0.2) is 61.0 Å². The number of aromatic nitrogens is 1. The van der Waals surface area contributed by atoms with Crippen LogP contribution in [0.2, 0.25) is 0 Å². The van der Waals surface area contributed by atoms with Gasteiger partial charge in [-0.15, -0.1) is 0 Å². The van der Waals surface area contributed by atoms with Crippen LogP contribution in [0, 0.1) is 0 Å². The van der Waals surface area contributed by atoms with Crippen LogP contribution in [0.4, 0.5) is 5.69 Å². The van der Waals surface area contributed by atoms with Crippen LogP contribution in [0.25, 0.3) is 0 Å². The lowest BCUT2D eigenvalue weighted by Crippen LogP contribution is -2.51. The van der Waals surface area contributed by atoms with E-state index in [1.54, 1.807) is 6.20 Å². The number of pyridine rings is 1. The molecule has 2 amide bonds. The van der Waals surface area contributed by atoms with E-state index >= 15 is 0 Å². The molecule has 182 valence electrons. The van der Waals surface area contributed by atoms with Crippen LogP contribution in [0.15, 0.2) is 85.2 Å². The molecule has 0 saturated carbocycles. The Kier molecular flexibility index (Phi) is 8.84. The molecule has 1 aliphatic heterocycles. The number of para-hydroxylation sites is 1. The van der Waals surface area contributed by atoms with Gasteiger partial charge in [0.2, 0.25) is 0 Å². The van der Waals surface area contributed by atoms with Gasteiger partial charge in [-0.1, -0.05) is 54.6 Å². The maximum absolute atomic E-state index is 12.5. The van der Waals surface area contributed by atoms with E-state index in [9.17, 15) is 9.59 Å². The molecule has 1 atom stereocenters. The molecular formula is C28H33N5O2. The number of rotatable bonds is 9. The summed E-state index contributed by atoms with van der Waals surface area (Å²) in [7, 11) is 0. The summed E-state index contributed by atoms with van der Waals surface area (Å²) in [5, 5.41) is 5.58. The van der Waals surface area contributed by atoms with Gasteiger partial charge in [-0.3, -0.25) is 19.5 Å². The molecule has 2 heterocycles. The Morgan fingerprint density at radius 2 is 1.51 bits per heavy atom. The van der Waals surface area contributed by atoms with Gasteiger partial charge in [-0.25, -0.2) is 0 Å². The van der Waals surface area contributed by atoms with Crippen LogP contribution in [0.5, 0.6) is 0 Å². The quantitative estimate of drug-likeness (QED) is 0.371. The van der Waals surface area contributed by atoms with Crippen molar-refractivity contribution >= 4 is 17.5 Å². The zero-order valence-electron chi connectivity index (χ0n) is 20.0. The smallest absolute Gasteiger partial charge is 0.309 e. The lowest BCUT2D eigenvalue weighted by molar-refractivity contribution is -0.139. The number of hydrogen-bond acceptors (Lipinski definition) is 5. The first-order valence-corrected chi connectivity index (χ1v) is 12.2. The Morgan fingerprint density at radius 3 is 2.20 bits per heavy atom. The first-order chi connectivity index (χ1) is 17.2. The molecule has 0 radical (unpaired) electrons. The van der Waals surface area contributed by atoms with E-state index in [1.165, 1.54) is 11.3 Å². The standard InChI is InChI=1S/C28H33N5O2/c34-27(30-16-7-11-23-9-3-1-4-10-23)28(35)31-22-26(24-12-8-15-29-21-24)33-19-17-32(18-20-33)25-13-5-2-6-14-25/h1-6,8-10,12-15,21,26H,7,11,16-20,22H2,(H,30,34)(H,31,35)/t26-/m0/s1. The third-order valence-electron chi connectivity index (χ3n) is 6.38. The van der Waals surface area contributed by atoms with Crippen molar-refractivity contribution in [1.29, 1.82) is 0 Å². The number of piperazine rings is 1. The molecule has 4 rings (SSSR count). The minimum atomic E-state index is -0.596. The highest BCUT2D eigenvalue weighted by atomic mass is 16.2. The van der Waals surface area contributed by atoms with Crippen molar-refractivity contribution in [3.05, 3.63) is 96.3 Å². The molecule has 3 aromatic rings. The number of carbonyl (C=O) groups excluding carboxylic acids is 2. The SMILES string of the molecule is O=C(NCCCc1ccccc1)C(=O)NC[C@@H](c1cccnc1)N1CCN(c2ccccc2)CC1. The molecule has 2 aromatic carbocycles. The summed E-state index contributed by atoms with van der Waals surface area (Å²) >= 11 is 0. The second-order valence-corrected chi connectivity index (χ2v) is 8.72. The number of benzene rings is 2. The van der Waals surface area contributed by atoms with Crippen molar-refractivity contribution in [3.63, 3.8) is 0 Å². The number of amides is 2. The summed E-state index contributed by atoms with van der Waals surface area (Å²) < 4.78 is 0. The number of nitrogens with one attached hydrogen (secondary N) is 2. The van der Waals surface area contributed by atoms with Crippen LogP contribution in [0.1, 0.15) is 23.6 Å². The van der Waals surface area contributed by atoms with Gasteiger partial charge in [0.25, 0.3) is 0 Å². The van der Waals surface area contributed by atoms with Gasteiger partial charge in [0.05, 0.1) is 6.04 Å². The van der Waals surface area contributed by atoms with Crippen LogP contribution in [0.3, 0.4) is 0 Å². The molecule has 0 aliphatic carbocycles. The number of anilines is 1. The van der Waals surface area contributed by atoms with Crippen LogP contribution >= 0.6 is 0 Å². The lowest BCUT2D eigenvalue weighted by atomic mass is 10.1. The van der Waals surface area contributed by atoms with Crippen molar-refractivity contribution in [2.75, 3.05) is 44.2 Å². The van der Waals surface area contributed by atoms with Crippen molar-refractivity contribution < 1.29 is 9.59 Å². The summed E-state index contributed by atoms with van der Waals surface area (Å²) in [6.07, 6.45) is 5.23. The third-order valence-corrected chi connectivity index (χ3v) is 6.38. The Bertz CT molecular complexity index is 1050. The van der Waals surface area contributed by atoms with E-state index in [1.807, 2.05) is 42.6 Å². The second kappa shape index (κ2) is 12.7. The summed E-state index contributed by atoms with van der Waals surface area (Å²) in [5.74, 6) is -1.18. The number of carbonyl (C=O) groups is 2. The highest BCUT2D eigenvalue weighted by molar-refractivity contribution is 6.35. The highest BCUT2D eigenvalue weighted by Crippen LogP contribution is 2.23. The van der Waals surface area contributed by atoms with Crippen molar-refractivity contribution in [3.8, 4) is 0 Å². The predicted molar refractivity (Wildman–Crippen MR) is 138 cm³/mol. The zero-order valence-corrected chi connectivity index (χ0v) is 20.0. The number of aryl methyl sites for hydroxylation is 1. The molecule has 0 bridgehead atoms. The fourth-order valence-electron chi connectivity index (χ4n) is 4.45. The van der Waals surface area contributed by atoms with Crippen molar-refractivity contribution in [1.82, 2.24) is 20.5 Å². The summed E-state index contributed by atoms with van der Waals surface area (Å²) in [5.41, 5.74) is 3.48. The summed E-state index contributed by atoms with van der Waals surface area (Å²) in [4.78, 5) is 33.8. The fraction of sp³-hybridized carbons (Fsp3) is 0.321. The number of nitrogens with zero attached hydrogens (tertiary/aromatic N) is 3. The molecular weight excluding hydrogens is 438 g/mol. The first-order valence-electron chi connectivity index (χ1n) is 12.2. The first kappa shape index (κ1) is 24.4. The van der Waals surface area contributed by atoms with Gasteiger partial charge in [-0.05, 0) is 42.2 Å². The molecule has 1 aromatic heterocycles. The van der Waals surface area contributed by atoms with Gasteiger partial charge in [0.1, 0.15) is 0 Å². The minimum Gasteiger partial charge on any atom is -0.369 e. The van der Waals surface area contributed by atoms with Gasteiger partial charge >= 0.3 is 11.8 Å². The summed E-state index contributed by atoms with van der Waals surface area (Å²) in [6, 6.07) is 24.4. The highest BCUT2D eigenvalue weighted by Gasteiger charge is 2.26. The molecule has 7 heteroatoms. The molecule has 7 nitrogen and oxygen atoms in total. The maximum atomic E-state index is 12.5. The molecule has 0 spiro atoms. The van der Waals surface area contributed by atoms with Gasteiger partial charge in [-0.2, -0.15) is 0 Å². The largest absolute Gasteiger partial charge is 0.369 e. The van der Waals surface area contributed by atoms with E-state index in [0.29, 0.717) is 13.1 Å². The minimum absolute atomic E-state index is 0.0450. The van der Waals surface area contributed by atoms with E-state index < -0.39 is 11.8 Å². The zero-order chi connectivity index (χ0) is 24.3. The Hall–Kier alpha value is -3.71. The Morgan fingerprint density at radius 1 is 0.829 bits per heavy atom. The van der Waals surface area contributed by atoms with Gasteiger partial charge in [0.15, 0.2) is 0 Å². The van der Waals surface area contributed by atoms with E-state index in [-0.39, 0.29) is 6.04 Å². The monoisotopic (exact) mass is 471 g/mol. The fourth-order valence-corrected chi connectivity index (χ4v) is 4.45. The average molecular weight is 472 g/mol. The predicted octanol–water partition coefficient (Wildman–Crippen LogP) is 2.81. The van der Waals surface area contributed by atoms with Gasteiger partial charge < -0.3 is 15.5 Å². The van der Waals surface area contributed by atoms with E-state index in [2.05, 4.69) is 61.8 Å². The van der Waals surface area contributed by atoms with Crippen molar-refractivity contribution in [2.45, 2.75) is 18.9 Å². The molecule has 1 fully saturated rings. The normalized spacial score (nSPS) is 14.8. The average Bonchev–Trinajstić information content (AvgIpc) is 2.93. The van der Waals surface area contributed by atoms with Crippen molar-refractivity contribution in [2.24, 2.45) is 0 Å². The molecule has 2 N–H and O–H groups in total. The van der Waals surface area contributed by atoms with Gasteiger partial charge in [0, 0.05) is 57.3 Å². The number of hydrogen-bond donors (Lipinski definition) is 2. The van der Waals surface area contributed by atoms with Crippen LogP contribution < -0.4 is 15.5 Å². The van der Waals surface area contributed by atoms with E-state index in [4.69, 9.17) is 0 Å². The Balaban J connectivity index is 1.27. The summed E-state index contributed by atoms with van der Waals surface area (Å²) in [6.45, 7) is 4.33. The Labute approximate surface area is 207 Å². The molecule has 0 unspecified atom stereocenters. The van der Waals surface area contributed by atoms with Crippen LogP contribution in [-0.2, 0) is 16.0 Å². The topological polar surface area (TPSA) is 77.6 Å². The lowest BCUT2D eigenvalue weighted by Gasteiger charge is -2.40. The second-order valence-electron chi connectivity index (χ2n) is 8.72. The maximum Gasteiger partial charge on any atom is 0.309 e. The molecule has 35 heavy (non-hydrogen) atoms. The van der Waals surface area contributed by atoms with E-state index in [0.717, 1.165) is 44.6 Å². The molecule has 1 aliphatic rings. The third kappa shape index (κ3) is 7.13.